The summed E-state index contributed by atoms with van der Waals surface area (Å²) in [6.45, 7) is 1.90. The van der Waals surface area contributed by atoms with Gasteiger partial charge in [0.2, 0.25) is 0 Å². The number of hydrogen-bond acceptors (Lipinski definition) is 4. The van der Waals surface area contributed by atoms with Gasteiger partial charge in [0, 0.05) is 37.4 Å². The van der Waals surface area contributed by atoms with Crippen molar-refractivity contribution < 1.29 is 14.3 Å². The zero-order valence-electron chi connectivity index (χ0n) is 15.8. The summed E-state index contributed by atoms with van der Waals surface area (Å²) < 4.78 is 6.02. The predicted octanol–water partition coefficient (Wildman–Crippen LogP) is 2.91. The molecule has 2 aliphatic rings. The molecule has 4 rings (SSSR count). The Morgan fingerprint density at radius 1 is 1.14 bits per heavy atom. The highest BCUT2D eigenvalue weighted by Gasteiger charge is 2.27. The fourth-order valence-corrected chi connectivity index (χ4v) is 3.54. The molecule has 1 aromatic carbocycles. The highest BCUT2D eigenvalue weighted by molar-refractivity contribution is 5.97. The van der Waals surface area contributed by atoms with Gasteiger partial charge in [-0.25, -0.2) is 0 Å². The second-order valence-corrected chi connectivity index (χ2v) is 7.56. The molecule has 2 amide bonds. The molecular weight excluding hydrogens is 354 g/mol. The van der Waals surface area contributed by atoms with Crippen molar-refractivity contribution in [2.24, 2.45) is 5.92 Å². The summed E-state index contributed by atoms with van der Waals surface area (Å²) in [7, 11) is 0. The normalized spacial score (nSPS) is 19.1. The van der Waals surface area contributed by atoms with E-state index in [2.05, 4.69) is 10.3 Å². The number of benzene rings is 1. The van der Waals surface area contributed by atoms with Gasteiger partial charge in [-0.1, -0.05) is 12.1 Å². The van der Waals surface area contributed by atoms with Crippen LogP contribution in [0.5, 0.6) is 5.75 Å². The van der Waals surface area contributed by atoms with Crippen molar-refractivity contribution >= 4 is 11.8 Å². The van der Waals surface area contributed by atoms with Gasteiger partial charge in [0.15, 0.2) is 0 Å². The first-order chi connectivity index (χ1) is 13.7. The molecule has 6 nitrogen and oxygen atoms in total. The number of nitrogens with zero attached hydrogens (tertiary/aromatic N) is 2. The molecule has 0 bridgehead atoms. The van der Waals surface area contributed by atoms with E-state index in [9.17, 15) is 9.59 Å². The van der Waals surface area contributed by atoms with Crippen LogP contribution >= 0.6 is 0 Å². The lowest BCUT2D eigenvalue weighted by atomic mass is 9.98. The Bertz CT molecular complexity index is 836. The summed E-state index contributed by atoms with van der Waals surface area (Å²) in [5, 5.41) is 3.01. The van der Waals surface area contributed by atoms with Gasteiger partial charge in [0.05, 0.1) is 17.7 Å². The van der Waals surface area contributed by atoms with Crippen LogP contribution in [0.1, 0.15) is 46.4 Å². The maximum atomic E-state index is 12.7. The third-order valence-electron chi connectivity index (χ3n) is 5.23. The van der Waals surface area contributed by atoms with Crippen LogP contribution < -0.4 is 10.1 Å². The van der Waals surface area contributed by atoms with Crippen LogP contribution in [0, 0.1) is 5.92 Å². The minimum atomic E-state index is -0.0740. The van der Waals surface area contributed by atoms with E-state index in [0.717, 1.165) is 32.2 Å². The maximum absolute atomic E-state index is 12.7. The third kappa shape index (κ3) is 4.50. The zero-order chi connectivity index (χ0) is 19.3. The standard InChI is InChI=1S/C22H25N3O3/c26-21(24-18-9-10-18)19-7-1-2-8-20(19)28-15-16-5-4-12-25(14-16)22(27)17-6-3-11-23-13-17/h1-3,6-8,11,13,16,18H,4-5,9-10,12,14-15H2,(H,24,26). The van der Waals surface area contributed by atoms with Crippen LogP contribution in [0.2, 0.25) is 0 Å². The van der Waals surface area contributed by atoms with Gasteiger partial charge in [-0.05, 0) is 49.9 Å². The minimum absolute atomic E-state index is 0.0158. The van der Waals surface area contributed by atoms with Gasteiger partial charge in [-0.15, -0.1) is 0 Å². The molecule has 0 radical (unpaired) electrons. The van der Waals surface area contributed by atoms with E-state index in [1.54, 1.807) is 30.6 Å². The molecule has 6 heteroatoms. The Hall–Kier alpha value is -2.89. The lowest BCUT2D eigenvalue weighted by Crippen LogP contribution is -2.41. The number of amides is 2. The SMILES string of the molecule is O=C(NC1CC1)c1ccccc1OCC1CCCN(C(=O)c2cccnc2)C1. The average Bonchev–Trinajstić information content (AvgIpc) is 3.57. The van der Waals surface area contributed by atoms with Crippen molar-refractivity contribution in [2.75, 3.05) is 19.7 Å². The molecule has 1 aliphatic heterocycles. The molecule has 1 aromatic heterocycles. The quantitative estimate of drug-likeness (QED) is 0.838. The van der Waals surface area contributed by atoms with E-state index in [0.29, 0.717) is 36.1 Å². The Balaban J connectivity index is 1.36. The zero-order valence-corrected chi connectivity index (χ0v) is 15.8. The molecule has 1 aliphatic carbocycles. The number of likely N-dealkylation sites (tertiary alicyclic amines) is 1. The number of hydrogen-bond donors (Lipinski definition) is 1. The first-order valence-electron chi connectivity index (χ1n) is 9.92. The predicted molar refractivity (Wildman–Crippen MR) is 105 cm³/mol. The van der Waals surface area contributed by atoms with E-state index < -0.39 is 0 Å². The highest BCUT2D eigenvalue weighted by Crippen LogP contribution is 2.24. The lowest BCUT2D eigenvalue weighted by Gasteiger charge is -2.32. The Morgan fingerprint density at radius 2 is 2.00 bits per heavy atom. The van der Waals surface area contributed by atoms with Gasteiger partial charge in [0.1, 0.15) is 5.75 Å². The van der Waals surface area contributed by atoms with Crippen molar-refractivity contribution in [3.8, 4) is 5.75 Å². The van der Waals surface area contributed by atoms with Crippen molar-refractivity contribution in [1.29, 1.82) is 0 Å². The number of ether oxygens (including phenoxy) is 1. The summed E-state index contributed by atoms with van der Waals surface area (Å²) in [6.07, 6.45) is 7.34. The Labute approximate surface area is 164 Å². The average molecular weight is 379 g/mol. The highest BCUT2D eigenvalue weighted by atomic mass is 16.5. The molecule has 2 aromatic rings. The fraction of sp³-hybridized carbons (Fsp3) is 0.409. The van der Waals surface area contributed by atoms with Crippen molar-refractivity contribution in [1.82, 2.24) is 15.2 Å². The van der Waals surface area contributed by atoms with Crippen molar-refractivity contribution in [2.45, 2.75) is 31.7 Å². The van der Waals surface area contributed by atoms with Crippen LogP contribution in [0.25, 0.3) is 0 Å². The fourth-order valence-electron chi connectivity index (χ4n) is 3.54. The van der Waals surface area contributed by atoms with Crippen LogP contribution in [0.3, 0.4) is 0 Å². The second-order valence-electron chi connectivity index (χ2n) is 7.56. The molecule has 1 N–H and O–H groups in total. The number of carbonyl (C=O) groups is 2. The van der Waals surface area contributed by atoms with E-state index >= 15 is 0 Å². The number of piperidine rings is 1. The van der Waals surface area contributed by atoms with Gasteiger partial charge in [-0.2, -0.15) is 0 Å². The molecule has 1 saturated heterocycles. The summed E-state index contributed by atoms with van der Waals surface area (Å²) in [5.41, 5.74) is 1.19. The van der Waals surface area contributed by atoms with Crippen molar-refractivity contribution in [3.63, 3.8) is 0 Å². The van der Waals surface area contributed by atoms with Crippen LogP contribution in [0.4, 0.5) is 0 Å². The number of rotatable bonds is 6. The third-order valence-corrected chi connectivity index (χ3v) is 5.23. The molecule has 146 valence electrons. The van der Waals surface area contributed by atoms with Gasteiger partial charge in [0.25, 0.3) is 11.8 Å². The number of pyridine rings is 1. The monoisotopic (exact) mass is 379 g/mol. The van der Waals surface area contributed by atoms with E-state index in [-0.39, 0.29) is 17.7 Å². The maximum Gasteiger partial charge on any atom is 0.255 e. The summed E-state index contributed by atoms with van der Waals surface area (Å²) in [4.78, 5) is 31.0. The molecule has 1 saturated carbocycles. The minimum Gasteiger partial charge on any atom is -0.492 e. The summed E-state index contributed by atoms with van der Waals surface area (Å²) in [6, 6.07) is 11.2. The van der Waals surface area contributed by atoms with Crippen LogP contribution in [-0.2, 0) is 0 Å². The largest absolute Gasteiger partial charge is 0.492 e. The number of nitrogens with one attached hydrogen (secondary N) is 1. The van der Waals surface area contributed by atoms with E-state index in [1.165, 1.54) is 0 Å². The molecule has 28 heavy (non-hydrogen) atoms. The molecule has 1 unspecified atom stereocenters. The number of aromatic nitrogens is 1. The van der Waals surface area contributed by atoms with Gasteiger partial charge >= 0.3 is 0 Å². The van der Waals surface area contributed by atoms with Gasteiger partial charge < -0.3 is 15.0 Å². The summed E-state index contributed by atoms with van der Waals surface area (Å²) in [5.74, 6) is 0.794. The van der Waals surface area contributed by atoms with Gasteiger partial charge in [-0.3, -0.25) is 14.6 Å². The summed E-state index contributed by atoms with van der Waals surface area (Å²) >= 11 is 0. The topological polar surface area (TPSA) is 71.5 Å². The number of para-hydroxylation sites is 1. The van der Waals surface area contributed by atoms with Crippen LogP contribution in [0.15, 0.2) is 48.8 Å². The second kappa shape index (κ2) is 8.42. The number of carbonyl (C=O) groups excluding carboxylic acids is 2. The molecule has 2 fully saturated rings. The van der Waals surface area contributed by atoms with E-state index in [4.69, 9.17) is 4.74 Å². The molecule has 0 spiro atoms. The molecule has 1 atom stereocenters. The first-order valence-corrected chi connectivity index (χ1v) is 9.92. The Kier molecular flexibility index (Phi) is 5.55. The van der Waals surface area contributed by atoms with Crippen LogP contribution in [-0.4, -0.2) is 47.4 Å². The first kappa shape index (κ1) is 18.5. The Morgan fingerprint density at radius 3 is 2.79 bits per heavy atom. The van der Waals surface area contributed by atoms with E-state index in [1.807, 2.05) is 23.1 Å². The smallest absolute Gasteiger partial charge is 0.255 e. The molecular formula is C22H25N3O3. The van der Waals surface area contributed by atoms with Crippen molar-refractivity contribution in [3.05, 3.63) is 59.9 Å². The molecule has 2 heterocycles. The lowest BCUT2D eigenvalue weighted by molar-refractivity contribution is 0.0632.